The van der Waals surface area contributed by atoms with Gasteiger partial charge in [0.05, 0.1) is 4.90 Å². The van der Waals surface area contributed by atoms with E-state index in [4.69, 9.17) is 11.6 Å². The first-order valence-corrected chi connectivity index (χ1v) is 6.37. The lowest BCUT2D eigenvalue weighted by Gasteiger charge is -2.09. The predicted octanol–water partition coefficient (Wildman–Crippen LogP) is 3.23. The highest BCUT2D eigenvalue weighted by molar-refractivity contribution is 7.92. The van der Waals surface area contributed by atoms with Crippen LogP contribution in [0.3, 0.4) is 0 Å². The van der Waals surface area contributed by atoms with E-state index < -0.39 is 20.2 Å². The Morgan fingerprint density at radius 2 is 1.94 bits per heavy atom. The molecule has 2 nitrogen and oxygen atoms in total. The molecule has 0 aliphatic rings. The number of benzene rings is 1. The van der Waals surface area contributed by atoms with Gasteiger partial charge in [0.2, 0.25) is 0 Å². The Labute approximate surface area is 102 Å². The largest absolute Gasteiger partial charge is 0.501 e. The van der Waals surface area contributed by atoms with Gasteiger partial charge >= 0.3 is 5.51 Å². The van der Waals surface area contributed by atoms with E-state index in [1.165, 1.54) is 12.1 Å². The van der Waals surface area contributed by atoms with E-state index in [2.05, 4.69) is 6.58 Å². The Bertz CT molecular complexity index is 535. The van der Waals surface area contributed by atoms with Crippen LogP contribution in [-0.2, 0) is 9.84 Å². The second-order valence-electron chi connectivity index (χ2n) is 3.21. The normalized spacial score (nSPS) is 12.5. The zero-order chi connectivity index (χ0) is 13.3. The molecule has 0 saturated carbocycles. The van der Waals surface area contributed by atoms with E-state index >= 15 is 0 Å². The Morgan fingerprint density at radius 3 is 2.41 bits per heavy atom. The monoisotopic (exact) mass is 284 g/mol. The molecule has 7 heteroatoms. The quantitative estimate of drug-likeness (QED) is 0.799. The molecule has 17 heavy (non-hydrogen) atoms. The maximum atomic E-state index is 12.3. The van der Waals surface area contributed by atoms with Gasteiger partial charge in [-0.15, -0.1) is 11.6 Å². The fraction of sp³-hybridized carbons (Fsp3) is 0.200. The van der Waals surface area contributed by atoms with E-state index in [9.17, 15) is 21.6 Å². The van der Waals surface area contributed by atoms with Crippen molar-refractivity contribution in [3.8, 4) is 0 Å². The number of hydrogen-bond donors (Lipinski definition) is 0. The molecule has 0 aliphatic carbocycles. The summed E-state index contributed by atoms with van der Waals surface area (Å²) in [6.45, 7) is 3.52. The molecule has 0 heterocycles. The zero-order valence-electron chi connectivity index (χ0n) is 8.46. The van der Waals surface area contributed by atoms with Crippen LogP contribution < -0.4 is 0 Å². The lowest BCUT2D eigenvalue weighted by Crippen LogP contribution is -2.23. The Morgan fingerprint density at radius 1 is 1.35 bits per heavy atom. The number of halogens is 4. The molecule has 1 aromatic carbocycles. The van der Waals surface area contributed by atoms with Gasteiger partial charge in [-0.05, 0) is 23.3 Å². The summed E-state index contributed by atoms with van der Waals surface area (Å²) in [5.74, 6) is 0.00944. The molecule has 0 N–H and O–H groups in total. The molecule has 0 spiro atoms. The summed E-state index contributed by atoms with van der Waals surface area (Å²) in [5.41, 5.74) is -4.69. The van der Waals surface area contributed by atoms with E-state index in [1.54, 1.807) is 0 Å². The van der Waals surface area contributed by atoms with Crippen molar-refractivity contribution < 1.29 is 21.6 Å². The highest BCUT2D eigenvalue weighted by Crippen LogP contribution is 2.31. The van der Waals surface area contributed by atoms with Gasteiger partial charge < -0.3 is 0 Å². The summed E-state index contributed by atoms with van der Waals surface area (Å²) < 4.78 is 59.2. The highest BCUT2D eigenvalue weighted by atomic mass is 35.5. The zero-order valence-corrected chi connectivity index (χ0v) is 10.0. The van der Waals surface area contributed by atoms with E-state index in [0.29, 0.717) is 5.57 Å². The Hall–Kier alpha value is -1.01. The summed E-state index contributed by atoms with van der Waals surface area (Å²) in [6, 6.07) is 4.45. The van der Waals surface area contributed by atoms with Crippen molar-refractivity contribution in [3.05, 3.63) is 36.4 Å². The second-order valence-corrected chi connectivity index (χ2v) is 5.42. The molecule has 1 rings (SSSR count). The first kappa shape index (κ1) is 14.1. The minimum Gasteiger partial charge on any atom is -0.214 e. The van der Waals surface area contributed by atoms with Crippen LogP contribution >= 0.6 is 11.6 Å². The van der Waals surface area contributed by atoms with Crippen LogP contribution in [0.4, 0.5) is 13.2 Å². The smallest absolute Gasteiger partial charge is 0.214 e. The minimum atomic E-state index is -5.32. The molecular weight excluding hydrogens is 277 g/mol. The molecular formula is C10H8ClF3O2S. The molecule has 94 valence electrons. The number of rotatable bonds is 3. The third kappa shape index (κ3) is 2.81. The van der Waals surface area contributed by atoms with E-state index in [-0.39, 0.29) is 11.4 Å². The van der Waals surface area contributed by atoms with Crippen LogP contribution in [0.2, 0.25) is 0 Å². The first-order valence-electron chi connectivity index (χ1n) is 4.35. The van der Waals surface area contributed by atoms with Gasteiger partial charge in [-0.3, -0.25) is 0 Å². The van der Waals surface area contributed by atoms with Gasteiger partial charge in [0.1, 0.15) is 0 Å². The maximum Gasteiger partial charge on any atom is 0.501 e. The van der Waals surface area contributed by atoms with Crippen molar-refractivity contribution in [2.45, 2.75) is 10.4 Å². The molecule has 0 radical (unpaired) electrons. The van der Waals surface area contributed by atoms with Crippen LogP contribution in [0.1, 0.15) is 5.56 Å². The SMILES string of the molecule is C=C(CCl)c1cccc(S(=O)(=O)C(F)(F)F)c1. The molecule has 0 aromatic heterocycles. The average Bonchev–Trinajstić information content (AvgIpc) is 2.26. The molecule has 0 saturated heterocycles. The van der Waals surface area contributed by atoms with Crippen molar-refractivity contribution in [3.63, 3.8) is 0 Å². The lowest BCUT2D eigenvalue weighted by atomic mass is 10.1. The number of alkyl halides is 4. The van der Waals surface area contributed by atoms with Crippen molar-refractivity contribution in [2.75, 3.05) is 5.88 Å². The standard InChI is InChI=1S/C10H8ClF3O2S/c1-7(6-11)8-3-2-4-9(5-8)17(15,16)10(12,13)14/h2-5H,1,6H2. The minimum absolute atomic E-state index is 0.00944. The van der Waals surface area contributed by atoms with Gasteiger partial charge in [0.25, 0.3) is 9.84 Å². The van der Waals surface area contributed by atoms with E-state index in [0.717, 1.165) is 12.1 Å². The summed E-state index contributed by atoms with van der Waals surface area (Å²) in [6.07, 6.45) is 0. The number of hydrogen-bond acceptors (Lipinski definition) is 2. The average molecular weight is 285 g/mol. The number of sulfone groups is 1. The molecule has 0 bridgehead atoms. The topological polar surface area (TPSA) is 34.1 Å². The third-order valence-corrected chi connectivity index (χ3v) is 3.83. The van der Waals surface area contributed by atoms with Crippen LogP contribution in [0.25, 0.3) is 5.57 Å². The predicted molar refractivity (Wildman–Crippen MR) is 59.4 cm³/mol. The van der Waals surface area contributed by atoms with Crippen LogP contribution in [0.15, 0.2) is 35.7 Å². The fourth-order valence-electron chi connectivity index (χ4n) is 1.09. The molecule has 0 aliphatic heterocycles. The second kappa shape index (κ2) is 4.70. The summed E-state index contributed by atoms with van der Waals surface area (Å²) in [4.78, 5) is -0.811. The maximum absolute atomic E-state index is 12.3. The summed E-state index contributed by atoms with van der Waals surface area (Å²) in [5, 5.41) is 0. The van der Waals surface area contributed by atoms with Crippen molar-refractivity contribution in [2.24, 2.45) is 0 Å². The molecule has 0 fully saturated rings. The van der Waals surface area contributed by atoms with Gasteiger partial charge in [0, 0.05) is 5.88 Å². The molecule has 0 amide bonds. The number of allylic oxidation sites excluding steroid dienone is 1. The molecule has 0 unspecified atom stereocenters. The molecule has 0 atom stereocenters. The van der Waals surface area contributed by atoms with Gasteiger partial charge in [-0.25, -0.2) is 8.42 Å². The van der Waals surface area contributed by atoms with Crippen LogP contribution in [0.5, 0.6) is 0 Å². The van der Waals surface area contributed by atoms with Gasteiger partial charge in [0.15, 0.2) is 0 Å². The van der Waals surface area contributed by atoms with Crippen LogP contribution in [0, 0.1) is 0 Å². The molecule has 1 aromatic rings. The lowest BCUT2D eigenvalue weighted by molar-refractivity contribution is -0.0436. The van der Waals surface area contributed by atoms with Gasteiger partial charge in [-0.2, -0.15) is 13.2 Å². The van der Waals surface area contributed by atoms with E-state index in [1.807, 2.05) is 0 Å². The van der Waals surface area contributed by atoms with Gasteiger partial charge in [-0.1, -0.05) is 18.7 Å². The van der Waals surface area contributed by atoms with Crippen molar-refractivity contribution in [1.29, 1.82) is 0 Å². The van der Waals surface area contributed by atoms with Crippen LogP contribution in [-0.4, -0.2) is 19.8 Å². The first-order chi connectivity index (χ1) is 7.70. The highest BCUT2D eigenvalue weighted by Gasteiger charge is 2.46. The Balaban J connectivity index is 3.31. The van der Waals surface area contributed by atoms with Crippen molar-refractivity contribution in [1.82, 2.24) is 0 Å². The van der Waals surface area contributed by atoms with Crippen molar-refractivity contribution >= 4 is 27.0 Å². The Kier molecular flexibility index (Phi) is 3.88. The fourth-order valence-corrected chi connectivity index (χ4v) is 2.06. The summed E-state index contributed by atoms with van der Waals surface area (Å²) in [7, 11) is -5.32. The summed E-state index contributed by atoms with van der Waals surface area (Å²) >= 11 is 5.47. The third-order valence-electron chi connectivity index (χ3n) is 2.02.